The normalized spacial score (nSPS) is 27.3. The van der Waals surface area contributed by atoms with Gasteiger partial charge in [0.05, 0.1) is 17.6 Å². The molecule has 0 aliphatic heterocycles. The summed E-state index contributed by atoms with van der Waals surface area (Å²) in [5.74, 6) is 0.498. The molecular weight excluding hydrogens is 403 g/mol. The number of carbonyl (C=O) groups is 1. The first kappa shape index (κ1) is 23.1. The molecule has 1 aromatic carbocycles. The lowest BCUT2D eigenvalue weighted by Crippen LogP contribution is -2.29. The number of esters is 1. The summed E-state index contributed by atoms with van der Waals surface area (Å²) < 4.78 is 44.0. The molecule has 3 rings (SSSR count). The lowest BCUT2D eigenvalue weighted by atomic mass is 9.81. The maximum atomic E-state index is 12.7. The van der Waals surface area contributed by atoms with E-state index in [1.807, 2.05) is 12.1 Å². The van der Waals surface area contributed by atoms with Gasteiger partial charge in [0, 0.05) is 6.08 Å². The maximum absolute atomic E-state index is 12.7. The number of carbonyl (C=O) groups excluding carboxylic acids is 1. The number of rotatable bonds is 5. The van der Waals surface area contributed by atoms with E-state index in [0.717, 1.165) is 69.1 Å². The Bertz CT molecular complexity index is 820. The van der Waals surface area contributed by atoms with Gasteiger partial charge in [0.1, 0.15) is 6.10 Å². The standard InChI is InChI=1S/C25H28F3NO2/c26-25(27,28)22-13-9-19(10-14-22)20-11-15-23(16-12-20)31-24(30)21-7-5-18(6-8-21)4-2-1-3-17-29/h1-4,9-10,13-14,18,20-21,23H,5-8,11-12,15-16H2/t18-,20-,21-,23-. The summed E-state index contributed by atoms with van der Waals surface area (Å²) in [7, 11) is 0. The Labute approximate surface area is 181 Å². The minimum atomic E-state index is -4.31. The molecule has 0 radical (unpaired) electrons. The van der Waals surface area contributed by atoms with Crippen LogP contribution in [-0.2, 0) is 15.7 Å². The van der Waals surface area contributed by atoms with Gasteiger partial charge in [-0.1, -0.05) is 30.4 Å². The van der Waals surface area contributed by atoms with Crippen molar-refractivity contribution in [3.05, 3.63) is 59.7 Å². The smallest absolute Gasteiger partial charge is 0.416 e. The third-order valence-corrected chi connectivity index (χ3v) is 6.44. The van der Waals surface area contributed by atoms with Crippen molar-refractivity contribution in [1.29, 1.82) is 5.26 Å². The lowest BCUT2D eigenvalue weighted by molar-refractivity contribution is -0.157. The third kappa shape index (κ3) is 6.72. The molecule has 2 fully saturated rings. The average Bonchev–Trinajstić information content (AvgIpc) is 2.77. The molecule has 31 heavy (non-hydrogen) atoms. The molecule has 0 aromatic heterocycles. The van der Waals surface area contributed by atoms with E-state index in [1.54, 1.807) is 18.2 Å². The van der Waals surface area contributed by atoms with Crippen LogP contribution in [0, 0.1) is 23.2 Å². The highest BCUT2D eigenvalue weighted by molar-refractivity contribution is 5.72. The van der Waals surface area contributed by atoms with Crippen molar-refractivity contribution in [1.82, 2.24) is 0 Å². The summed E-state index contributed by atoms with van der Waals surface area (Å²) in [5, 5.41) is 8.48. The SMILES string of the molecule is N#CC=CC=C[C@H]1CC[C@H](C(=O)O[C@H]2CC[C@H](c3ccc(C(F)(F)F)cc3)CC2)CC1. The van der Waals surface area contributed by atoms with E-state index in [9.17, 15) is 18.0 Å². The lowest BCUT2D eigenvalue weighted by Gasteiger charge is -2.31. The van der Waals surface area contributed by atoms with E-state index >= 15 is 0 Å². The topological polar surface area (TPSA) is 50.1 Å². The molecular formula is C25H28F3NO2. The van der Waals surface area contributed by atoms with Gasteiger partial charge >= 0.3 is 12.1 Å². The Kier molecular flexibility index (Phi) is 7.95. The molecule has 166 valence electrons. The third-order valence-electron chi connectivity index (χ3n) is 6.44. The Morgan fingerprint density at radius 3 is 2.19 bits per heavy atom. The first-order valence-electron chi connectivity index (χ1n) is 11.0. The van der Waals surface area contributed by atoms with Crippen LogP contribution in [0.3, 0.4) is 0 Å². The fraction of sp³-hybridized carbons (Fsp3) is 0.520. The van der Waals surface area contributed by atoms with Crippen LogP contribution in [0.2, 0.25) is 0 Å². The number of allylic oxidation sites excluding steroid dienone is 4. The molecule has 2 saturated carbocycles. The van der Waals surface area contributed by atoms with Crippen LogP contribution in [0.15, 0.2) is 48.6 Å². The zero-order chi connectivity index (χ0) is 22.3. The molecule has 0 atom stereocenters. The summed E-state index contributed by atoms with van der Waals surface area (Å²) in [6.45, 7) is 0. The predicted octanol–water partition coefficient (Wildman–Crippen LogP) is 6.72. The van der Waals surface area contributed by atoms with Crippen LogP contribution in [0.1, 0.15) is 68.4 Å². The molecule has 1 aromatic rings. The minimum absolute atomic E-state index is 0.0491. The highest BCUT2D eigenvalue weighted by Gasteiger charge is 2.32. The van der Waals surface area contributed by atoms with E-state index < -0.39 is 11.7 Å². The van der Waals surface area contributed by atoms with Gasteiger partial charge in [0.15, 0.2) is 0 Å². The van der Waals surface area contributed by atoms with Gasteiger partial charge in [-0.05, 0) is 80.9 Å². The molecule has 2 aliphatic carbocycles. The van der Waals surface area contributed by atoms with Crippen molar-refractivity contribution < 1.29 is 22.7 Å². The number of benzene rings is 1. The number of nitrogens with zero attached hydrogens (tertiary/aromatic N) is 1. The van der Waals surface area contributed by atoms with E-state index in [-0.39, 0.29) is 23.9 Å². The summed E-state index contributed by atoms with van der Waals surface area (Å²) in [6.07, 6.45) is 9.39. The summed E-state index contributed by atoms with van der Waals surface area (Å²) >= 11 is 0. The van der Waals surface area contributed by atoms with Crippen molar-refractivity contribution in [2.24, 2.45) is 11.8 Å². The molecule has 0 amide bonds. The fourth-order valence-electron chi connectivity index (χ4n) is 4.59. The molecule has 0 bridgehead atoms. The minimum Gasteiger partial charge on any atom is -0.462 e. The number of nitriles is 1. The molecule has 6 heteroatoms. The van der Waals surface area contributed by atoms with Gasteiger partial charge in [-0.15, -0.1) is 0 Å². The Balaban J connectivity index is 1.41. The first-order chi connectivity index (χ1) is 14.9. The van der Waals surface area contributed by atoms with Crippen LogP contribution in [-0.4, -0.2) is 12.1 Å². The predicted molar refractivity (Wildman–Crippen MR) is 112 cm³/mol. The van der Waals surface area contributed by atoms with Crippen LogP contribution in [0.5, 0.6) is 0 Å². The second-order valence-corrected chi connectivity index (χ2v) is 8.52. The van der Waals surface area contributed by atoms with Crippen molar-refractivity contribution in [2.75, 3.05) is 0 Å². The Hall–Kier alpha value is -2.55. The molecule has 0 spiro atoms. The first-order valence-corrected chi connectivity index (χ1v) is 11.0. The van der Waals surface area contributed by atoms with Gasteiger partial charge in [-0.25, -0.2) is 0 Å². The van der Waals surface area contributed by atoms with Crippen LogP contribution >= 0.6 is 0 Å². The highest BCUT2D eigenvalue weighted by Crippen LogP contribution is 2.37. The van der Waals surface area contributed by atoms with E-state index in [4.69, 9.17) is 10.00 Å². The molecule has 3 nitrogen and oxygen atoms in total. The molecule has 0 saturated heterocycles. The van der Waals surface area contributed by atoms with Gasteiger partial charge in [0.25, 0.3) is 0 Å². The van der Waals surface area contributed by atoms with Crippen molar-refractivity contribution in [3.63, 3.8) is 0 Å². The fourth-order valence-corrected chi connectivity index (χ4v) is 4.59. The quantitative estimate of drug-likeness (QED) is 0.295. The number of alkyl halides is 3. The van der Waals surface area contributed by atoms with Crippen molar-refractivity contribution in [2.45, 2.75) is 69.6 Å². The summed E-state index contributed by atoms with van der Waals surface area (Å²) in [4.78, 5) is 12.6. The maximum Gasteiger partial charge on any atom is 0.416 e. The molecule has 0 N–H and O–H groups in total. The highest BCUT2D eigenvalue weighted by atomic mass is 19.4. The number of hydrogen-bond acceptors (Lipinski definition) is 3. The van der Waals surface area contributed by atoms with Crippen LogP contribution in [0.4, 0.5) is 13.2 Å². The number of hydrogen-bond donors (Lipinski definition) is 0. The van der Waals surface area contributed by atoms with E-state index in [2.05, 4.69) is 6.08 Å². The monoisotopic (exact) mass is 431 g/mol. The number of ether oxygens (including phenoxy) is 1. The van der Waals surface area contributed by atoms with Crippen molar-refractivity contribution >= 4 is 5.97 Å². The zero-order valence-corrected chi connectivity index (χ0v) is 17.5. The van der Waals surface area contributed by atoms with Gasteiger partial charge in [-0.3, -0.25) is 4.79 Å². The van der Waals surface area contributed by atoms with E-state index in [0.29, 0.717) is 5.92 Å². The van der Waals surface area contributed by atoms with Gasteiger partial charge in [-0.2, -0.15) is 18.4 Å². The van der Waals surface area contributed by atoms with Gasteiger partial charge in [0.2, 0.25) is 0 Å². The molecule has 0 unspecified atom stereocenters. The van der Waals surface area contributed by atoms with E-state index in [1.165, 1.54) is 6.08 Å². The van der Waals surface area contributed by atoms with Gasteiger partial charge < -0.3 is 4.74 Å². The zero-order valence-electron chi connectivity index (χ0n) is 17.5. The largest absolute Gasteiger partial charge is 0.462 e. The Morgan fingerprint density at radius 1 is 0.968 bits per heavy atom. The molecule has 0 heterocycles. The average molecular weight is 431 g/mol. The van der Waals surface area contributed by atoms with Crippen LogP contribution in [0.25, 0.3) is 0 Å². The number of halogens is 3. The second kappa shape index (κ2) is 10.7. The van der Waals surface area contributed by atoms with Crippen molar-refractivity contribution in [3.8, 4) is 6.07 Å². The Morgan fingerprint density at radius 2 is 1.61 bits per heavy atom. The summed E-state index contributed by atoms with van der Waals surface area (Å²) in [6, 6.07) is 7.39. The molecule has 2 aliphatic rings. The van der Waals surface area contributed by atoms with Crippen LogP contribution < -0.4 is 0 Å². The summed E-state index contributed by atoms with van der Waals surface area (Å²) in [5.41, 5.74) is 0.302. The second-order valence-electron chi connectivity index (χ2n) is 8.52.